The molecule has 1 aliphatic heterocycles. The molecule has 0 unspecified atom stereocenters. The lowest BCUT2D eigenvalue weighted by Crippen LogP contribution is -2.34. The predicted molar refractivity (Wildman–Crippen MR) is 82.2 cm³/mol. The second kappa shape index (κ2) is 7.95. The summed E-state index contributed by atoms with van der Waals surface area (Å²) >= 11 is 0. The molecule has 0 radical (unpaired) electrons. The fourth-order valence-corrected chi connectivity index (χ4v) is 2.79. The first-order valence-electron chi connectivity index (χ1n) is 7.38. The highest BCUT2D eigenvalue weighted by molar-refractivity contribution is 5.59. The van der Waals surface area contributed by atoms with Crippen molar-refractivity contribution in [3.05, 3.63) is 28.3 Å². The Kier molecular flexibility index (Phi) is 5.97. The molecule has 0 amide bonds. The molecule has 7 nitrogen and oxygen atoms in total. The molecule has 0 aromatic heterocycles. The Hall–Kier alpha value is -1.86. The van der Waals surface area contributed by atoms with Gasteiger partial charge in [-0.05, 0) is 31.2 Å². The van der Waals surface area contributed by atoms with Gasteiger partial charge in [0.1, 0.15) is 0 Å². The average molecular weight is 310 g/mol. The predicted octanol–water partition coefficient (Wildman–Crippen LogP) is 2.79. The van der Waals surface area contributed by atoms with Crippen LogP contribution in [0.25, 0.3) is 0 Å². The van der Waals surface area contributed by atoms with Crippen LogP contribution in [-0.4, -0.2) is 38.8 Å². The van der Waals surface area contributed by atoms with Crippen molar-refractivity contribution < 1.29 is 19.4 Å². The minimum atomic E-state index is -0.426. The number of hydrogen-bond acceptors (Lipinski definition) is 6. The number of rotatable bonds is 7. The quantitative estimate of drug-likeness (QED) is 0.334. The average Bonchev–Trinajstić information content (AvgIpc) is 2.55. The molecule has 0 spiro atoms. The Labute approximate surface area is 129 Å². The molecule has 7 heteroatoms. The van der Waals surface area contributed by atoms with Gasteiger partial charge in [-0.1, -0.05) is 0 Å². The number of ether oxygens (including phenoxy) is 1. The van der Waals surface area contributed by atoms with E-state index in [9.17, 15) is 10.1 Å². The van der Waals surface area contributed by atoms with Crippen LogP contribution in [-0.2, 0) is 9.78 Å². The normalized spacial score (nSPS) is 15.8. The molecule has 2 rings (SSSR count). The SMILES string of the molecule is COOCCC1CCN(c2ccc([N+](=O)[O-])c(OC)c2)CC1. The molecule has 0 atom stereocenters. The Balaban J connectivity index is 1.95. The summed E-state index contributed by atoms with van der Waals surface area (Å²) in [5, 5.41) is 10.9. The highest BCUT2D eigenvalue weighted by atomic mass is 17.2. The van der Waals surface area contributed by atoms with Crippen molar-refractivity contribution in [1.82, 2.24) is 0 Å². The number of benzene rings is 1. The van der Waals surface area contributed by atoms with Crippen molar-refractivity contribution in [3.8, 4) is 5.75 Å². The maximum Gasteiger partial charge on any atom is 0.311 e. The molecule has 1 fully saturated rings. The summed E-state index contributed by atoms with van der Waals surface area (Å²) < 4.78 is 5.13. The molecule has 0 N–H and O–H groups in total. The van der Waals surface area contributed by atoms with Gasteiger partial charge in [0, 0.05) is 30.9 Å². The molecule has 1 saturated heterocycles. The Morgan fingerprint density at radius 2 is 2.05 bits per heavy atom. The number of anilines is 1. The number of nitro groups is 1. The van der Waals surface area contributed by atoms with Crippen LogP contribution in [0.4, 0.5) is 11.4 Å². The molecule has 0 aliphatic carbocycles. The van der Waals surface area contributed by atoms with Gasteiger partial charge in [-0.2, -0.15) is 0 Å². The minimum Gasteiger partial charge on any atom is -0.490 e. The van der Waals surface area contributed by atoms with Crippen molar-refractivity contribution in [1.29, 1.82) is 0 Å². The zero-order chi connectivity index (χ0) is 15.9. The van der Waals surface area contributed by atoms with Crippen LogP contribution < -0.4 is 9.64 Å². The third-order valence-corrected chi connectivity index (χ3v) is 4.07. The van der Waals surface area contributed by atoms with Gasteiger partial charge in [0.2, 0.25) is 0 Å². The first kappa shape index (κ1) is 16.5. The molecule has 1 aliphatic rings. The van der Waals surface area contributed by atoms with Crippen LogP contribution in [0.2, 0.25) is 0 Å². The van der Waals surface area contributed by atoms with Gasteiger partial charge in [0.25, 0.3) is 0 Å². The molecule has 122 valence electrons. The number of methoxy groups -OCH3 is 1. The lowest BCUT2D eigenvalue weighted by molar-refractivity contribution is -0.385. The highest BCUT2D eigenvalue weighted by Crippen LogP contribution is 2.33. The molecule has 1 aromatic rings. The molecule has 1 heterocycles. The van der Waals surface area contributed by atoms with E-state index < -0.39 is 4.92 Å². The van der Waals surface area contributed by atoms with Gasteiger partial charge in [-0.25, -0.2) is 9.78 Å². The third-order valence-electron chi connectivity index (χ3n) is 4.07. The van der Waals surface area contributed by atoms with Crippen molar-refractivity contribution in [2.24, 2.45) is 5.92 Å². The summed E-state index contributed by atoms with van der Waals surface area (Å²) in [7, 11) is 2.97. The largest absolute Gasteiger partial charge is 0.490 e. The monoisotopic (exact) mass is 310 g/mol. The van der Waals surface area contributed by atoms with Gasteiger partial charge in [0.05, 0.1) is 25.7 Å². The number of nitro benzene ring substituents is 1. The second-order valence-corrected chi connectivity index (χ2v) is 5.32. The maximum absolute atomic E-state index is 10.9. The Morgan fingerprint density at radius 3 is 2.64 bits per heavy atom. The van der Waals surface area contributed by atoms with Crippen LogP contribution in [0.15, 0.2) is 18.2 Å². The van der Waals surface area contributed by atoms with E-state index in [1.807, 2.05) is 0 Å². The summed E-state index contributed by atoms with van der Waals surface area (Å²) in [5.74, 6) is 0.935. The lowest BCUT2D eigenvalue weighted by Gasteiger charge is -2.33. The third kappa shape index (κ3) is 4.08. The first-order chi connectivity index (χ1) is 10.7. The van der Waals surface area contributed by atoms with E-state index in [0.29, 0.717) is 18.3 Å². The molecule has 1 aromatic carbocycles. The van der Waals surface area contributed by atoms with E-state index in [1.54, 1.807) is 12.1 Å². The summed E-state index contributed by atoms with van der Waals surface area (Å²) in [4.78, 5) is 22.3. The van der Waals surface area contributed by atoms with Crippen LogP contribution in [0.1, 0.15) is 19.3 Å². The maximum atomic E-state index is 10.9. The lowest BCUT2D eigenvalue weighted by atomic mass is 9.93. The van der Waals surface area contributed by atoms with Gasteiger partial charge in [-0.15, -0.1) is 0 Å². The highest BCUT2D eigenvalue weighted by Gasteiger charge is 2.22. The van der Waals surface area contributed by atoms with Crippen molar-refractivity contribution in [2.75, 3.05) is 38.8 Å². The smallest absolute Gasteiger partial charge is 0.311 e. The zero-order valence-electron chi connectivity index (χ0n) is 13.0. The van der Waals surface area contributed by atoms with Crippen LogP contribution in [0.5, 0.6) is 5.75 Å². The molecular formula is C15H22N2O5. The van der Waals surface area contributed by atoms with E-state index >= 15 is 0 Å². The fraction of sp³-hybridized carbons (Fsp3) is 0.600. The van der Waals surface area contributed by atoms with Gasteiger partial charge >= 0.3 is 5.69 Å². The zero-order valence-corrected chi connectivity index (χ0v) is 13.0. The van der Waals surface area contributed by atoms with E-state index in [1.165, 1.54) is 20.3 Å². The van der Waals surface area contributed by atoms with E-state index in [4.69, 9.17) is 9.62 Å². The van der Waals surface area contributed by atoms with Crippen molar-refractivity contribution >= 4 is 11.4 Å². The summed E-state index contributed by atoms with van der Waals surface area (Å²) in [6.07, 6.45) is 3.14. The fourth-order valence-electron chi connectivity index (χ4n) is 2.79. The number of hydrogen-bond donors (Lipinski definition) is 0. The van der Waals surface area contributed by atoms with E-state index in [0.717, 1.165) is 38.0 Å². The summed E-state index contributed by atoms with van der Waals surface area (Å²) in [6, 6.07) is 5.04. The van der Waals surface area contributed by atoms with Crippen molar-refractivity contribution in [2.45, 2.75) is 19.3 Å². The Morgan fingerprint density at radius 1 is 1.32 bits per heavy atom. The minimum absolute atomic E-state index is 0.00199. The molecule has 0 saturated carbocycles. The van der Waals surface area contributed by atoms with Gasteiger partial charge in [-0.3, -0.25) is 10.1 Å². The summed E-state index contributed by atoms with van der Waals surface area (Å²) in [6.45, 7) is 2.48. The number of piperidine rings is 1. The topological polar surface area (TPSA) is 74.1 Å². The van der Waals surface area contributed by atoms with Crippen molar-refractivity contribution in [3.63, 3.8) is 0 Å². The standard InChI is InChI=1S/C15H22N2O5/c1-20-15-11-13(3-4-14(15)17(18)19)16-8-5-12(6-9-16)7-10-22-21-2/h3-4,11-12H,5-10H2,1-2H3. The molecular weight excluding hydrogens is 288 g/mol. The van der Waals surface area contributed by atoms with Crippen LogP contribution in [0.3, 0.4) is 0 Å². The number of nitrogens with zero attached hydrogens (tertiary/aromatic N) is 2. The van der Waals surface area contributed by atoms with Crippen LogP contribution in [0, 0.1) is 16.0 Å². The first-order valence-corrected chi connectivity index (χ1v) is 7.38. The van der Waals surface area contributed by atoms with E-state index in [-0.39, 0.29) is 5.69 Å². The second-order valence-electron chi connectivity index (χ2n) is 5.32. The van der Waals surface area contributed by atoms with E-state index in [2.05, 4.69) is 9.79 Å². The van der Waals surface area contributed by atoms with Crippen LogP contribution >= 0.6 is 0 Å². The molecule has 22 heavy (non-hydrogen) atoms. The van der Waals surface area contributed by atoms with Gasteiger partial charge < -0.3 is 9.64 Å². The summed E-state index contributed by atoms with van der Waals surface area (Å²) in [5.41, 5.74) is 0.965. The Bertz CT molecular complexity index is 501. The molecule has 0 bridgehead atoms. The van der Waals surface area contributed by atoms with Gasteiger partial charge in [0.15, 0.2) is 5.75 Å².